The fourth-order valence-corrected chi connectivity index (χ4v) is 9.60. The lowest BCUT2D eigenvalue weighted by Gasteiger charge is -2.59. The molecule has 2 fully saturated rings. The number of unbranched alkanes of at least 4 members (excludes halogenated alkanes) is 2. The largest absolute Gasteiger partial charge is 0.487 e. The van der Waals surface area contributed by atoms with Crippen molar-refractivity contribution < 1.29 is 38.8 Å². The molecule has 3 heterocycles. The van der Waals surface area contributed by atoms with Crippen molar-refractivity contribution in [3.63, 3.8) is 0 Å². The van der Waals surface area contributed by atoms with Crippen molar-refractivity contribution >= 4 is 11.6 Å². The first kappa shape index (κ1) is 43.0. The summed E-state index contributed by atoms with van der Waals surface area (Å²) in [6.07, 6.45) is 11.1. The zero-order valence-corrected chi connectivity index (χ0v) is 34.8. The number of nitrogens with zero attached hydrogens (tertiary/aromatic N) is 4. The van der Waals surface area contributed by atoms with E-state index in [1.54, 1.807) is 42.3 Å². The second-order valence-electron chi connectivity index (χ2n) is 16.3. The van der Waals surface area contributed by atoms with Crippen molar-refractivity contribution in [3.8, 4) is 17.6 Å². The van der Waals surface area contributed by atoms with Gasteiger partial charge in [-0.25, -0.2) is 0 Å². The van der Waals surface area contributed by atoms with Crippen LogP contribution in [0.5, 0.6) is 11.5 Å². The lowest BCUT2D eigenvalue weighted by Crippen LogP contribution is -2.69. The quantitative estimate of drug-likeness (QED) is 0.0739. The molecule has 3 aromatic rings. The summed E-state index contributed by atoms with van der Waals surface area (Å²) >= 11 is 0. The number of carbonyl (C=O) groups excluding carboxylic acids is 1. The highest BCUT2D eigenvalue weighted by atomic mass is 16.8. The van der Waals surface area contributed by atoms with Crippen LogP contribution in [0.3, 0.4) is 0 Å². The van der Waals surface area contributed by atoms with Gasteiger partial charge in [0.2, 0.25) is 12.1 Å². The van der Waals surface area contributed by atoms with E-state index in [1.165, 1.54) is 0 Å². The van der Waals surface area contributed by atoms with Gasteiger partial charge in [-0.1, -0.05) is 36.2 Å². The highest BCUT2D eigenvalue weighted by molar-refractivity contribution is 6.03. The number of aryl methyl sites for hydroxylation is 1. The molecule has 7 atom stereocenters. The molecule has 1 saturated carbocycles. The van der Waals surface area contributed by atoms with E-state index < -0.39 is 24.0 Å². The minimum Gasteiger partial charge on any atom is -0.487 e. The Morgan fingerprint density at radius 3 is 2.60 bits per heavy atom. The number of allylic oxidation sites excluding steroid dienone is 1. The third-order valence-electron chi connectivity index (χ3n) is 12.4. The number of carbonyl (C=O) groups is 1. The Bertz CT molecular complexity index is 2060. The Hall–Kier alpha value is -5.06. The number of aliphatic hydroxyl groups excluding tert-OH is 2. The highest BCUT2D eigenvalue weighted by Gasteiger charge is 2.65. The van der Waals surface area contributed by atoms with Gasteiger partial charge in [0.25, 0.3) is 5.91 Å². The standard InChI is InChI=1S/C48H58N4O8/c1-4-25-58-48-43(52(3)47(55)34-19-17-33(30-49)18-20-34)29-41(51-60-44-16-7-10-26-56-44)39-27-35(13-5-8-23-53)38(15-6-9-24-54)45(46(39)48)40-28-37(21-22-42(40)59-48)57-31-36-14-11-12-32(2)50-36/h4,11-12,14,17-22,27-28,35,38,43-46,53-54H,1,5-10,13,15-16,23-26,29,31H2,2-3H3. The molecule has 4 aliphatic rings. The van der Waals surface area contributed by atoms with E-state index in [0.717, 1.165) is 67.5 Å². The molecule has 2 N–H and O–H groups in total. The average Bonchev–Trinajstić information content (AvgIpc) is 3.28. The first-order valence-electron chi connectivity index (χ1n) is 21.5. The fraction of sp³-hybridized carbons (Fsp3) is 0.500. The number of nitriles is 1. The van der Waals surface area contributed by atoms with Crippen molar-refractivity contribution in [1.29, 1.82) is 5.26 Å². The summed E-state index contributed by atoms with van der Waals surface area (Å²) in [5.74, 6) is -0.851. The molecule has 2 aliphatic heterocycles. The number of oxime groups is 1. The molecule has 318 valence electrons. The smallest absolute Gasteiger partial charge is 0.254 e. The van der Waals surface area contributed by atoms with Crippen LogP contribution in [-0.4, -0.2) is 83.3 Å². The van der Waals surface area contributed by atoms with E-state index in [2.05, 4.69) is 29.8 Å². The number of pyridine rings is 1. The van der Waals surface area contributed by atoms with Gasteiger partial charge in [-0.3, -0.25) is 9.78 Å². The summed E-state index contributed by atoms with van der Waals surface area (Å²) in [6, 6.07) is 19.9. The van der Waals surface area contributed by atoms with Gasteiger partial charge in [-0.15, -0.1) is 6.58 Å². The number of hydrogen-bond acceptors (Lipinski definition) is 11. The van der Waals surface area contributed by atoms with Crippen molar-refractivity contribution in [3.05, 3.63) is 113 Å². The molecule has 2 aliphatic carbocycles. The topological polar surface area (TPSA) is 156 Å². The maximum atomic E-state index is 14.6. The molecule has 0 spiro atoms. The summed E-state index contributed by atoms with van der Waals surface area (Å²) in [5, 5.41) is 34.2. The molecule has 1 aromatic heterocycles. The van der Waals surface area contributed by atoms with Gasteiger partial charge in [0.15, 0.2) is 0 Å². The van der Waals surface area contributed by atoms with Crippen molar-refractivity contribution in [2.75, 3.05) is 33.5 Å². The highest BCUT2D eigenvalue weighted by Crippen LogP contribution is 2.62. The molecule has 7 unspecified atom stereocenters. The molecule has 60 heavy (non-hydrogen) atoms. The molecule has 2 aromatic carbocycles. The van der Waals surface area contributed by atoms with E-state index in [4.69, 9.17) is 28.9 Å². The third-order valence-corrected chi connectivity index (χ3v) is 12.4. The molecule has 0 radical (unpaired) electrons. The summed E-state index contributed by atoms with van der Waals surface area (Å²) in [7, 11) is 1.77. The summed E-state index contributed by atoms with van der Waals surface area (Å²) in [4.78, 5) is 27.1. The second-order valence-corrected chi connectivity index (χ2v) is 16.3. The number of aliphatic hydroxyl groups is 2. The van der Waals surface area contributed by atoms with E-state index in [0.29, 0.717) is 54.4 Å². The van der Waals surface area contributed by atoms with Crippen molar-refractivity contribution in [1.82, 2.24) is 9.88 Å². The van der Waals surface area contributed by atoms with Crippen LogP contribution in [0.2, 0.25) is 0 Å². The van der Waals surface area contributed by atoms with Gasteiger partial charge in [0.1, 0.15) is 24.1 Å². The minimum atomic E-state index is -1.39. The zero-order chi connectivity index (χ0) is 42.1. The van der Waals surface area contributed by atoms with Crippen LogP contribution < -0.4 is 9.47 Å². The predicted molar refractivity (Wildman–Crippen MR) is 226 cm³/mol. The Morgan fingerprint density at radius 2 is 1.88 bits per heavy atom. The lowest BCUT2D eigenvalue weighted by atomic mass is 9.55. The van der Waals surface area contributed by atoms with Gasteiger partial charge in [0.05, 0.1) is 42.2 Å². The Morgan fingerprint density at radius 1 is 1.08 bits per heavy atom. The van der Waals surface area contributed by atoms with Crippen LogP contribution in [0, 0.1) is 36.0 Å². The summed E-state index contributed by atoms with van der Waals surface area (Å²) in [5.41, 5.74) is 5.24. The first-order valence-corrected chi connectivity index (χ1v) is 21.5. The van der Waals surface area contributed by atoms with E-state index in [9.17, 15) is 20.3 Å². The predicted octanol–water partition coefficient (Wildman–Crippen LogP) is 7.77. The monoisotopic (exact) mass is 818 g/mol. The van der Waals surface area contributed by atoms with Crippen LogP contribution in [-0.2, 0) is 20.9 Å². The third kappa shape index (κ3) is 9.30. The molecular formula is C48H58N4O8. The number of benzene rings is 2. The van der Waals surface area contributed by atoms with E-state index >= 15 is 0 Å². The lowest BCUT2D eigenvalue weighted by molar-refractivity contribution is -0.252. The molecule has 12 nitrogen and oxygen atoms in total. The minimum absolute atomic E-state index is 0.0640. The SMILES string of the molecule is C=CCOC12Oc3ccc(OCc4cccc(C)n4)cc3C3C(CCCCO)C(CCCCO)C=C(C(=NOC4CCCCO4)CC1N(C)C(=O)c1ccc(C#N)cc1)C32. The normalized spacial score (nSPS) is 26.1. The maximum absolute atomic E-state index is 14.6. The van der Waals surface area contributed by atoms with Gasteiger partial charge in [0, 0.05) is 55.8 Å². The molecule has 1 amide bonds. The Balaban J connectivity index is 1.40. The Kier molecular flexibility index (Phi) is 14.3. The van der Waals surface area contributed by atoms with Crippen LogP contribution in [0.15, 0.2) is 90.1 Å². The molecular weight excluding hydrogens is 761 g/mol. The number of ether oxygens (including phenoxy) is 4. The van der Waals surface area contributed by atoms with Crippen LogP contribution in [0.1, 0.15) is 103 Å². The number of likely N-dealkylation sites (N-methyl/N-ethyl adjacent to an activating group) is 1. The van der Waals surface area contributed by atoms with Crippen LogP contribution >= 0.6 is 0 Å². The Labute approximate surface area is 353 Å². The molecule has 7 rings (SSSR count). The van der Waals surface area contributed by atoms with Crippen LogP contribution in [0.4, 0.5) is 0 Å². The van der Waals surface area contributed by atoms with Gasteiger partial charge in [-0.2, -0.15) is 5.26 Å². The number of fused-ring (bicyclic) bond motifs is 2. The number of aromatic nitrogens is 1. The van der Waals surface area contributed by atoms with E-state index in [-0.39, 0.29) is 49.9 Å². The maximum Gasteiger partial charge on any atom is 0.254 e. The van der Waals surface area contributed by atoms with E-state index in [1.807, 2.05) is 37.3 Å². The van der Waals surface area contributed by atoms with Gasteiger partial charge < -0.3 is 38.9 Å². The van der Waals surface area contributed by atoms with Crippen molar-refractivity contribution in [2.45, 2.75) is 102 Å². The average molecular weight is 819 g/mol. The second kappa shape index (κ2) is 20.0. The zero-order valence-electron chi connectivity index (χ0n) is 34.8. The molecule has 0 bridgehead atoms. The summed E-state index contributed by atoms with van der Waals surface area (Å²) in [6.45, 7) is 7.22. The first-order chi connectivity index (χ1) is 29.3. The van der Waals surface area contributed by atoms with Crippen LogP contribution in [0.25, 0.3) is 0 Å². The fourth-order valence-electron chi connectivity index (χ4n) is 9.60. The summed E-state index contributed by atoms with van der Waals surface area (Å²) < 4.78 is 26.7. The molecule has 12 heteroatoms. The number of amides is 1. The number of hydrogen-bond donors (Lipinski definition) is 2. The van der Waals surface area contributed by atoms with Gasteiger partial charge in [-0.05, 0) is 117 Å². The van der Waals surface area contributed by atoms with Gasteiger partial charge >= 0.3 is 0 Å². The molecule has 1 saturated heterocycles. The number of rotatable bonds is 18. The van der Waals surface area contributed by atoms with Crippen molar-refractivity contribution in [2.24, 2.45) is 22.9 Å².